The number of ether oxygens (including phenoxy) is 2. The summed E-state index contributed by atoms with van der Waals surface area (Å²) in [5.74, 6) is 0.990. The van der Waals surface area contributed by atoms with Crippen molar-refractivity contribution in [1.82, 2.24) is 15.5 Å². The van der Waals surface area contributed by atoms with E-state index in [1.165, 1.54) is 0 Å². The second kappa shape index (κ2) is 7.04. The van der Waals surface area contributed by atoms with Gasteiger partial charge in [-0.1, -0.05) is 0 Å². The van der Waals surface area contributed by atoms with Crippen molar-refractivity contribution in [3.8, 4) is 5.75 Å². The molecule has 1 aromatic heterocycles. The molecule has 1 saturated carbocycles. The Morgan fingerprint density at radius 2 is 2.12 bits per heavy atom. The predicted molar refractivity (Wildman–Crippen MR) is 94.6 cm³/mol. The third-order valence-corrected chi connectivity index (χ3v) is 5.38. The van der Waals surface area contributed by atoms with Crippen LogP contribution in [-0.2, 0) is 9.53 Å². The van der Waals surface area contributed by atoms with Gasteiger partial charge in [-0.2, -0.15) is 5.10 Å². The normalized spacial score (nSPS) is 26.7. The van der Waals surface area contributed by atoms with Crippen LogP contribution >= 0.6 is 0 Å². The summed E-state index contributed by atoms with van der Waals surface area (Å²) in [5, 5.41) is 11.3. The largest absolute Gasteiger partial charge is 0.490 e. The van der Waals surface area contributed by atoms with Gasteiger partial charge >= 0.3 is 0 Å². The molecule has 134 valence electrons. The van der Waals surface area contributed by atoms with Gasteiger partial charge in [-0.25, -0.2) is 0 Å². The van der Waals surface area contributed by atoms with Gasteiger partial charge < -0.3 is 14.8 Å². The minimum atomic E-state index is -0.238. The van der Waals surface area contributed by atoms with E-state index < -0.39 is 0 Å². The van der Waals surface area contributed by atoms with Crippen LogP contribution in [0.25, 0.3) is 10.9 Å². The molecule has 1 aliphatic heterocycles. The van der Waals surface area contributed by atoms with Crippen molar-refractivity contribution in [2.75, 3.05) is 6.61 Å². The van der Waals surface area contributed by atoms with Crippen molar-refractivity contribution in [3.05, 3.63) is 23.9 Å². The maximum atomic E-state index is 12.2. The quantitative estimate of drug-likeness (QED) is 0.895. The zero-order valence-electron chi connectivity index (χ0n) is 14.6. The lowest BCUT2D eigenvalue weighted by molar-refractivity contribution is -0.131. The molecule has 1 unspecified atom stereocenters. The summed E-state index contributed by atoms with van der Waals surface area (Å²) >= 11 is 0. The van der Waals surface area contributed by atoms with Crippen LogP contribution in [0.3, 0.4) is 0 Å². The van der Waals surface area contributed by atoms with Crippen molar-refractivity contribution >= 4 is 16.8 Å². The number of fused-ring (bicyclic) bond motifs is 1. The van der Waals surface area contributed by atoms with Crippen molar-refractivity contribution in [2.45, 2.75) is 63.7 Å². The number of aromatic amines is 1. The monoisotopic (exact) mass is 343 g/mol. The van der Waals surface area contributed by atoms with Gasteiger partial charge in [0.1, 0.15) is 11.9 Å². The summed E-state index contributed by atoms with van der Waals surface area (Å²) in [6.45, 7) is 2.78. The minimum Gasteiger partial charge on any atom is -0.490 e. The zero-order valence-corrected chi connectivity index (χ0v) is 14.6. The van der Waals surface area contributed by atoms with Gasteiger partial charge in [0.2, 0.25) is 5.91 Å². The molecule has 0 spiro atoms. The smallest absolute Gasteiger partial charge is 0.249 e. The Kier molecular flexibility index (Phi) is 4.61. The molecule has 6 heteroatoms. The molecule has 2 aliphatic rings. The molecule has 4 rings (SSSR count). The zero-order chi connectivity index (χ0) is 17.2. The Morgan fingerprint density at radius 3 is 2.88 bits per heavy atom. The number of nitrogens with zero attached hydrogens (tertiary/aromatic N) is 1. The van der Waals surface area contributed by atoms with E-state index in [2.05, 4.69) is 22.4 Å². The van der Waals surface area contributed by atoms with E-state index in [4.69, 9.17) is 9.47 Å². The maximum absolute atomic E-state index is 12.2. The van der Waals surface area contributed by atoms with Gasteiger partial charge in [0.25, 0.3) is 0 Å². The highest BCUT2D eigenvalue weighted by Gasteiger charge is 2.28. The summed E-state index contributed by atoms with van der Waals surface area (Å²) in [4.78, 5) is 12.2. The number of nitrogens with one attached hydrogen (secondary N) is 2. The summed E-state index contributed by atoms with van der Waals surface area (Å²) in [5.41, 5.74) is 2.16. The lowest BCUT2D eigenvalue weighted by Crippen LogP contribution is -2.44. The number of hydrogen-bond donors (Lipinski definition) is 2. The van der Waals surface area contributed by atoms with Crippen LogP contribution in [0, 0.1) is 6.92 Å². The van der Waals surface area contributed by atoms with Crippen molar-refractivity contribution in [2.24, 2.45) is 0 Å². The number of amides is 1. The van der Waals surface area contributed by atoms with Gasteiger partial charge in [0.05, 0.1) is 17.8 Å². The molecule has 1 amide bonds. The summed E-state index contributed by atoms with van der Waals surface area (Å²) in [7, 11) is 0. The number of benzene rings is 1. The van der Waals surface area contributed by atoms with E-state index in [1.807, 2.05) is 18.3 Å². The molecule has 6 nitrogen and oxygen atoms in total. The SMILES string of the molecule is Cc1c(O[C@H]2CC[C@@H](NC(=O)C3CCCO3)CC2)ccc2[nH]ncc12. The molecule has 1 aliphatic carbocycles. The second-order valence-corrected chi connectivity index (χ2v) is 7.12. The third kappa shape index (κ3) is 3.49. The van der Waals surface area contributed by atoms with Gasteiger partial charge in [0.15, 0.2) is 0 Å². The van der Waals surface area contributed by atoms with Crippen LogP contribution in [0.2, 0.25) is 0 Å². The number of hydrogen-bond acceptors (Lipinski definition) is 4. The second-order valence-electron chi connectivity index (χ2n) is 7.12. The van der Waals surface area contributed by atoms with Crippen LogP contribution in [0.1, 0.15) is 44.1 Å². The van der Waals surface area contributed by atoms with Crippen molar-refractivity contribution < 1.29 is 14.3 Å². The first-order valence-corrected chi connectivity index (χ1v) is 9.22. The molecule has 2 N–H and O–H groups in total. The molecule has 0 radical (unpaired) electrons. The van der Waals surface area contributed by atoms with E-state index in [0.717, 1.165) is 60.7 Å². The van der Waals surface area contributed by atoms with E-state index in [0.29, 0.717) is 6.61 Å². The average molecular weight is 343 g/mol. The molecule has 25 heavy (non-hydrogen) atoms. The highest BCUT2D eigenvalue weighted by molar-refractivity contribution is 5.83. The molecule has 2 aromatic rings. The lowest BCUT2D eigenvalue weighted by atomic mass is 9.92. The van der Waals surface area contributed by atoms with Gasteiger partial charge in [-0.05, 0) is 57.6 Å². The number of H-pyrrole nitrogens is 1. The lowest BCUT2D eigenvalue weighted by Gasteiger charge is -2.30. The van der Waals surface area contributed by atoms with Crippen LogP contribution in [0.5, 0.6) is 5.75 Å². The van der Waals surface area contributed by atoms with E-state index >= 15 is 0 Å². The van der Waals surface area contributed by atoms with Crippen molar-refractivity contribution in [3.63, 3.8) is 0 Å². The summed E-state index contributed by atoms with van der Waals surface area (Å²) < 4.78 is 11.7. The fraction of sp³-hybridized carbons (Fsp3) is 0.579. The third-order valence-electron chi connectivity index (χ3n) is 5.38. The highest BCUT2D eigenvalue weighted by atomic mass is 16.5. The minimum absolute atomic E-state index is 0.0584. The first-order chi connectivity index (χ1) is 12.2. The molecule has 0 bridgehead atoms. The van der Waals surface area contributed by atoms with E-state index in [-0.39, 0.29) is 24.2 Å². The first-order valence-electron chi connectivity index (χ1n) is 9.22. The Hall–Kier alpha value is -2.08. The fourth-order valence-corrected chi connectivity index (χ4v) is 3.85. The van der Waals surface area contributed by atoms with Crippen LogP contribution in [0.15, 0.2) is 18.3 Å². The van der Waals surface area contributed by atoms with Gasteiger partial charge in [-0.3, -0.25) is 9.89 Å². The number of carbonyl (C=O) groups excluding carboxylic acids is 1. The van der Waals surface area contributed by atoms with Crippen LogP contribution < -0.4 is 10.1 Å². The Balaban J connectivity index is 1.31. The topological polar surface area (TPSA) is 76.2 Å². The molecule has 2 fully saturated rings. The Bertz CT molecular complexity index is 743. The average Bonchev–Trinajstić information content (AvgIpc) is 3.30. The van der Waals surface area contributed by atoms with E-state index in [9.17, 15) is 4.79 Å². The van der Waals surface area contributed by atoms with Gasteiger partial charge in [-0.15, -0.1) is 0 Å². The van der Waals surface area contributed by atoms with Crippen LogP contribution in [-0.4, -0.2) is 41.0 Å². The first kappa shape index (κ1) is 16.4. The standard InChI is InChI=1S/C19H25N3O3/c1-12-15-11-20-22-16(15)8-9-17(12)25-14-6-4-13(5-7-14)21-19(23)18-3-2-10-24-18/h8-9,11,13-14,18H,2-7,10H2,1H3,(H,20,22)(H,21,23)/t13-,14+,18?. The number of aryl methyl sites for hydroxylation is 1. The molecule has 1 aromatic carbocycles. The number of rotatable bonds is 4. The fourth-order valence-electron chi connectivity index (χ4n) is 3.85. The Morgan fingerprint density at radius 1 is 1.28 bits per heavy atom. The highest BCUT2D eigenvalue weighted by Crippen LogP contribution is 2.30. The molecule has 1 atom stereocenters. The maximum Gasteiger partial charge on any atom is 0.249 e. The molecular weight excluding hydrogens is 318 g/mol. The van der Waals surface area contributed by atoms with Gasteiger partial charge in [0, 0.05) is 23.6 Å². The number of aromatic nitrogens is 2. The van der Waals surface area contributed by atoms with Crippen molar-refractivity contribution in [1.29, 1.82) is 0 Å². The van der Waals surface area contributed by atoms with Crippen LogP contribution in [0.4, 0.5) is 0 Å². The predicted octanol–water partition coefficient (Wildman–Crippen LogP) is 2.86. The number of carbonyl (C=O) groups is 1. The van der Waals surface area contributed by atoms with E-state index in [1.54, 1.807) is 0 Å². The summed E-state index contributed by atoms with van der Waals surface area (Å²) in [6.07, 6.45) is 7.47. The molecule has 1 saturated heterocycles. The molecule has 2 heterocycles. The Labute approximate surface area is 147 Å². The summed E-state index contributed by atoms with van der Waals surface area (Å²) in [6, 6.07) is 4.27. The molecular formula is C19H25N3O3.